The van der Waals surface area contributed by atoms with Gasteiger partial charge in [-0.2, -0.15) is 13.2 Å². The van der Waals surface area contributed by atoms with Crippen LogP contribution in [0.1, 0.15) is 16.7 Å². The standard InChI is InChI=1S/C12H10F2N2.C7H2F6O/c1-8-6-15-12(16-7-8)9-2-3-10(5-13)11(14)4-9;8-4-1-3(14-13)2-5(9)6(4)7(10,11)12/h2-4,6-7H,5H2,1H3;1-2H. The molecule has 1 aromatic heterocycles. The first kappa shape index (κ1) is 23.0. The van der Waals surface area contributed by atoms with Crippen LogP contribution in [0.15, 0.2) is 42.7 Å². The van der Waals surface area contributed by atoms with Gasteiger partial charge in [0.15, 0.2) is 11.6 Å². The number of rotatable bonds is 3. The molecule has 0 saturated carbocycles. The summed E-state index contributed by atoms with van der Waals surface area (Å²) in [5, 5.41) is 0. The Kier molecular flexibility index (Phi) is 7.30. The number of alkyl halides is 4. The van der Waals surface area contributed by atoms with E-state index >= 15 is 0 Å². The molecular weight excluding hydrogens is 424 g/mol. The van der Waals surface area contributed by atoms with Crippen LogP contribution in [0.25, 0.3) is 11.4 Å². The fraction of sp³-hybridized carbons (Fsp3) is 0.158. The summed E-state index contributed by atoms with van der Waals surface area (Å²) in [5.41, 5.74) is -0.534. The molecule has 0 aliphatic rings. The molecule has 30 heavy (non-hydrogen) atoms. The second-order valence-electron chi connectivity index (χ2n) is 5.86. The van der Waals surface area contributed by atoms with E-state index in [1.165, 1.54) is 12.1 Å². The Balaban J connectivity index is 0.000000216. The predicted octanol–water partition coefficient (Wildman–Crippen LogP) is 6.31. The van der Waals surface area contributed by atoms with Crippen molar-refractivity contribution in [3.05, 3.63) is 76.9 Å². The first-order chi connectivity index (χ1) is 14.1. The molecule has 1 heterocycles. The SMILES string of the molecule is Cc1cnc(-c2ccc(CF)c(F)c2)nc1.FOc1cc(F)c(C(F)(F)F)c(F)c1. The smallest absolute Gasteiger partial charge is 0.294 e. The molecule has 3 nitrogen and oxygen atoms in total. The molecule has 0 fully saturated rings. The van der Waals surface area contributed by atoms with Gasteiger partial charge in [-0.05, 0) is 18.6 Å². The molecule has 0 atom stereocenters. The van der Waals surface area contributed by atoms with E-state index in [4.69, 9.17) is 0 Å². The molecule has 0 amide bonds. The lowest BCUT2D eigenvalue weighted by atomic mass is 10.1. The third-order valence-corrected chi connectivity index (χ3v) is 3.62. The Morgan fingerprint density at radius 3 is 1.90 bits per heavy atom. The fourth-order valence-corrected chi connectivity index (χ4v) is 2.20. The Bertz CT molecular complexity index is 983. The number of nitrogens with zero attached hydrogens (tertiary/aromatic N) is 2. The van der Waals surface area contributed by atoms with E-state index in [-0.39, 0.29) is 17.7 Å². The summed E-state index contributed by atoms with van der Waals surface area (Å²) in [7, 11) is 0. The highest BCUT2D eigenvalue weighted by atomic mass is 19.4. The summed E-state index contributed by atoms with van der Waals surface area (Å²) in [4.78, 5) is 11.0. The molecule has 3 rings (SSSR count). The number of benzene rings is 2. The van der Waals surface area contributed by atoms with Gasteiger partial charge in [0.05, 0.1) is 0 Å². The second kappa shape index (κ2) is 9.51. The van der Waals surface area contributed by atoms with Crippen molar-refractivity contribution in [2.24, 2.45) is 0 Å². The quantitative estimate of drug-likeness (QED) is 0.452. The topological polar surface area (TPSA) is 35.0 Å². The van der Waals surface area contributed by atoms with Gasteiger partial charge in [0.1, 0.15) is 29.7 Å². The monoisotopic (exact) mass is 436 g/mol. The molecule has 0 unspecified atom stereocenters. The number of hydrogen-bond acceptors (Lipinski definition) is 3. The zero-order valence-electron chi connectivity index (χ0n) is 15.1. The van der Waals surface area contributed by atoms with Crippen molar-refractivity contribution in [2.75, 3.05) is 0 Å². The van der Waals surface area contributed by atoms with Crippen molar-refractivity contribution in [1.82, 2.24) is 9.97 Å². The Morgan fingerprint density at radius 2 is 1.47 bits per heavy atom. The zero-order valence-corrected chi connectivity index (χ0v) is 15.1. The minimum atomic E-state index is -5.16. The lowest BCUT2D eigenvalue weighted by molar-refractivity contribution is -0.142. The van der Waals surface area contributed by atoms with E-state index < -0.39 is 41.6 Å². The molecule has 11 heteroatoms. The average Bonchev–Trinajstić information content (AvgIpc) is 2.67. The van der Waals surface area contributed by atoms with E-state index in [1.807, 2.05) is 6.92 Å². The molecule has 160 valence electrons. The molecule has 3 aromatic rings. The van der Waals surface area contributed by atoms with Crippen LogP contribution in [0.3, 0.4) is 0 Å². The van der Waals surface area contributed by atoms with Crippen LogP contribution in [0.2, 0.25) is 0 Å². The van der Waals surface area contributed by atoms with Gasteiger partial charge in [-0.15, -0.1) is 0 Å². The van der Waals surface area contributed by atoms with Gasteiger partial charge >= 0.3 is 6.18 Å². The normalized spacial score (nSPS) is 11.0. The van der Waals surface area contributed by atoms with Crippen LogP contribution >= 0.6 is 0 Å². The average molecular weight is 436 g/mol. The van der Waals surface area contributed by atoms with Crippen LogP contribution < -0.4 is 4.94 Å². The minimum Gasteiger partial charge on any atom is -0.294 e. The third-order valence-electron chi connectivity index (χ3n) is 3.62. The summed E-state index contributed by atoms with van der Waals surface area (Å²) < 4.78 is 98.0. The van der Waals surface area contributed by atoms with Gasteiger partial charge in [-0.1, -0.05) is 12.1 Å². The summed E-state index contributed by atoms with van der Waals surface area (Å²) in [6.45, 7) is 1.07. The van der Waals surface area contributed by atoms with Gasteiger partial charge in [0.25, 0.3) is 0 Å². The number of halogens is 8. The van der Waals surface area contributed by atoms with Crippen molar-refractivity contribution >= 4 is 0 Å². The predicted molar refractivity (Wildman–Crippen MR) is 90.1 cm³/mol. The molecule has 0 aliphatic heterocycles. The highest BCUT2D eigenvalue weighted by molar-refractivity contribution is 5.55. The minimum absolute atomic E-state index is 0.0517. The van der Waals surface area contributed by atoms with Crippen LogP contribution in [0.4, 0.5) is 35.3 Å². The van der Waals surface area contributed by atoms with E-state index in [1.54, 1.807) is 18.5 Å². The van der Waals surface area contributed by atoms with E-state index in [9.17, 15) is 35.3 Å². The molecule has 0 N–H and O–H groups in total. The molecule has 0 spiro atoms. The molecule has 2 aromatic carbocycles. The lowest BCUT2D eigenvalue weighted by Crippen LogP contribution is -2.11. The van der Waals surface area contributed by atoms with Gasteiger partial charge in [0, 0.05) is 40.2 Å². The van der Waals surface area contributed by atoms with Gasteiger partial charge in [-0.3, -0.25) is 4.94 Å². The first-order valence-corrected chi connectivity index (χ1v) is 8.05. The third kappa shape index (κ3) is 5.65. The maximum Gasteiger partial charge on any atom is 0.422 e. The number of aryl methyl sites for hydroxylation is 1. The summed E-state index contributed by atoms with van der Waals surface area (Å²) in [6.07, 6.45) is -1.85. The summed E-state index contributed by atoms with van der Waals surface area (Å²) in [5.74, 6) is -4.94. The Morgan fingerprint density at radius 1 is 0.900 bits per heavy atom. The van der Waals surface area contributed by atoms with Crippen LogP contribution in [-0.2, 0) is 12.9 Å². The van der Waals surface area contributed by atoms with E-state index in [0.717, 1.165) is 5.56 Å². The highest BCUT2D eigenvalue weighted by Crippen LogP contribution is 2.35. The molecule has 0 aliphatic carbocycles. The van der Waals surface area contributed by atoms with Crippen molar-refractivity contribution in [3.63, 3.8) is 0 Å². The number of hydrogen-bond donors (Lipinski definition) is 0. The van der Waals surface area contributed by atoms with Gasteiger partial charge in [-0.25, -0.2) is 27.5 Å². The Hall–Kier alpha value is -3.24. The zero-order chi connectivity index (χ0) is 22.5. The Labute approximate surface area is 164 Å². The van der Waals surface area contributed by atoms with E-state index in [0.29, 0.717) is 11.4 Å². The molecular formula is C19H12F8N2O. The molecule has 0 saturated heterocycles. The van der Waals surface area contributed by atoms with Crippen molar-refractivity contribution in [2.45, 2.75) is 19.8 Å². The van der Waals surface area contributed by atoms with Crippen LogP contribution in [-0.4, -0.2) is 9.97 Å². The van der Waals surface area contributed by atoms with Gasteiger partial charge < -0.3 is 0 Å². The summed E-state index contributed by atoms with van der Waals surface area (Å²) >= 11 is 0. The van der Waals surface area contributed by atoms with E-state index in [2.05, 4.69) is 14.9 Å². The maximum atomic E-state index is 13.3. The van der Waals surface area contributed by atoms with Crippen LogP contribution in [0, 0.1) is 24.4 Å². The fourth-order valence-electron chi connectivity index (χ4n) is 2.20. The summed E-state index contributed by atoms with van der Waals surface area (Å²) in [6, 6.07) is 4.48. The molecule has 0 bridgehead atoms. The van der Waals surface area contributed by atoms with Crippen molar-refractivity contribution < 1.29 is 40.2 Å². The van der Waals surface area contributed by atoms with Crippen molar-refractivity contribution in [3.8, 4) is 17.1 Å². The lowest BCUT2D eigenvalue weighted by Gasteiger charge is -2.09. The second-order valence-corrected chi connectivity index (χ2v) is 5.86. The van der Waals surface area contributed by atoms with Gasteiger partial charge in [0.2, 0.25) is 0 Å². The number of aromatic nitrogens is 2. The first-order valence-electron chi connectivity index (χ1n) is 8.05. The maximum absolute atomic E-state index is 13.3. The highest BCUT2D eigenvalue weighted by Gasteiger charge is 2.38. The van der Waals surface area contributed by atoms with Crippen molar-refractivity contribution in [1.29, 1.82) is 0 Å². The van der Waals surface area contributed by atoms with Crippen LogP contribution in [0.5, 0.6) is 5.75 Å². The largest absolute Gasteiger partial charge is 0.422 e. The molecule has 0 radical (unpaired) electrons.